The lowest BCUT2D eigenvalue weighted by molar-refractivity contribution is -0.119. The summed E-state index contributed by atoms with van der Waals surface area (Å²) in [4.78, 5) is 14.7. The van der Waals surface area contributed by atoms with E-state index in [1.54, 1.807) is 0 Å². The van der Waals surface area contributed by atoms with Crippen molar-refractivity contribution >= 4 is 5.78 Å². The molecule has 0 unspecified atom stereocenters. The minimum Gasteiger partial charge on any atom is -0.309 e. The van der Waals surface area contributed by atoms with Crippen LogP contribution in [0.5, 0.6) is 0 Å². The van der Waals surface area contributed by atoms with Crippen LogP contribution >= 0.6 is 0 Å². The van der Waals surface area contributed by atoms with Crippen LogP contribution in [-0.4, -0.2) is 31.3 Å². The molecule has 0 amide bonds. The molecule has 0 aromatic heterocycles. The summed E-state index contributed by atoms with van der Waals surface area (Å²) < 4.78 is 0. The van der Waals surface area contributed by atoms with E-state index in [2.05, 4.69) is 81.5 Å². The molecule has 0 bridgehead atoms. The number of hydrogen-bond donors (Lipinski definition) is 0. The molecule has 0 heterocycles. The fraction of sp³-hybridized carbons (Fsp3) is 0.800. The first-order chi connectivity index (χ1) is 23.1. The average Bonchev–Trinajstić information content (AvgIpc) is 3.06. The predicted molar refractivity (Wildman–Crippen MR) is 213 cm³/mol. The number of allylic oxidation sites excluding steroid dienone is 8. The Morgan fingerprint density at radius 3 is 1.23 bits per heavy atom. The van der Waals surface area contributed by atoms with Crippen LogP contribution in [0.1, 0.15) is 206 Å². The van der Waals surface area contributed by atoms with Crippen molar-refractivity contribution in [2.45, 2.75) is 206 Å². The molecule has 2 heteroatoms. The molecule has 0 rings (SSSR count). The third-order valence-corrected chi connectivity index (χ3v) is 9.52. The summed E-state index contributed by atoms with van der Waals surface area (Å²) in [6, 6.07) is 0. The van der Waals surface area contributed by atoms with Crippen LogP contribution in [0.4, 0.5) is 0 Å². The molecular weight excluding hydrogens is 571 g/mol. The van der Waals surface area contributed by atoms with Gasteiger partial charge in [-0.15, -0.1) is 0 Å². The predicted octanol–water partition coefficient (Wildman–Crippen LogP) is 14.7. The van der Waals surface area contributed by atoms with Gasteiger partial charge in [0, 0.05) is 12.8 Å². The maximum atomic E-state index is 12.5. The number of hydrogen-bond acceptors (Lipinski definition) is 2. The number of unbranched alkanes of at least 4 members (excludes halogenated alkanes) is 18. The number of nitrogens with zero attached hydrogens (tertiary/aromatic N) is 1. The third kappa shape index (κ3) is 38.9. The van der Waals surface area contributed by atoms with Crippen LogP contribution in [0.2, 0.25) is 0 Å². The average molecular weight is 654 g/mol. The first-order valence-corrected chi connectivity index (χ1v) is 20.9. The summed E-state index contributed by atoms with van der Waals surface area (Å²) >= 11 is 0. The van der Waals surface area contributed by atoms with Gasteiger partial charge in [0.1, 0.15) is 5.78 Å². The SMILES string of the molecule is CCCCC/C=C\C/C=C\CCCCCCCCC(CCCCCCCC/C=C\C/C=C\CCCCC)CCC(=O)CCCN(C)C. The molecule has 0 atom stereocenters. The molecule has 0 saturated carbocycles. The van der Waals surface area contributed by atoms with Gasteiger partial charge in [0.15, 0.2) is 0 Å². The summed E-state index contributed by atoms with van der Waals surface area (Å²) in [7, 11) is 4.20. The van der Waals surface area contributed by atoms with E-state index in [1.165, 1.54) is 154 Å². The second kappa shape index (κ2) is 39.0. The summed E-state index contributed by atoms with van der Waals surface area (Å²) in [6.45, 7) is 5.56. The van der Waals surface area contributed by atoms with Crippen molar-refractivity contribution in [2.75, 3.05) is 20.6 Å². The molecule has 0 fully saturated rings. The second-order valence-electron chi connectivity index (χ2n) is 14.6. The van der Waals surface area contributed by atoms with Crippen molar-refractivity contribution < 1.29 is 4.79 Å². The first-order valence-electron chi connectivity index (χ1n) is 20.9. The van der Waals surface area contributed by atoms with Crippen molar-refractivity contribution in [3.63, 3.8) is 0 Å². The molecule has 0 radical (unpaired) electrons. The molecule has 0 spiro atoms. The first kappa shape index (κ1) is 45.6. The molecule has 0 aliphatic carbocycles. The van der Waals surface area contributed by atoms with E-state index in [4.69, 9.17) is 0 Å². The Morgan fingerprint density at radius 1 is 0.447 bits per heavy atom. The van der Waals surface area contributed by atoms with Gasteiger partial charge in [0.05, 0.1) is 0 Å². The Hall–Kier alpha value is -1.41. The van der Waals surface area contributed by atoms with Gasteiger partial charge in [-0.2, -0.15) is 0 Å². The Bertz CT molecular complexity index is 697. The highest BCUT2D eigenvalue weighted by atomic mass is 16.1. The third-order valence-electron chi connectivity index (χ3n) is 9.52. The summed E-state index contributed by atoms with van der Waals surface area (Å²) in [5.41, 5.74) is 0. The fourth-order valence-corrected chi connectivity index (χ4v) is 6.36. The minimum atomic E-state index is 0.492. The van der Waals surface area contributed by atoms with E-state index in [0.29, 0.717) is 5.78 Å². The number of carbonyl (C=O) groups is 1. The molecule has 47 heavy (non-hydrogen) atoms. The van der Waals surface area contributed by atoms with E-state index in [0.717, 1.165) is 51.0 Å². The van der Waals surface area contributed by atoms with Crippen LogP contribution < -0.4 is 0 Å². The maximum absolute atomic E-state index is 12.5. The number of Topliss-reactive ketones (excluding diaryl/α,β-unsaturated/α-hetero) is 1. The van der Waals surface area contributed by atoms with Crippen LogP contribution in [0.25, 0.3) is 0 Å². The van der Waals surface area contributed by atoms with Crippen molar-refractivity contribution in [1.29, 1.82) is 0 Å². The lowest BCUT2D eigenvalue weighted by Crippen LogP contribution is -2.14. The highest BCUT2D eigenvalue weighted by molar-refractivity contribution is 5.78. The van der Waals surface area contributed by atoms with Crippen LogP contribution in [0.3, 0.4) is 0 Å². The Morgan fingerprint density at radius 2 is 0.830 bits per heavy atom. The Balaban J connectivity index is 4.05. The van der Waals surface area contributed by atoms with E-state index in [9.17, 15) is 4.79 Å². The molecule has 0 aliphatic rings. The van der Waals surface area contributed by atoms with Gasteiger partial charge in [0.25, 0.3) is 0 Å². The smallest absolute Gasteiger partial charge is 0.132 e. The van der Waals surface area contributed by atoms with Crippen molar-refractivity contribution in [3.8, 4) is 0 Å². The zero-order chi connectivity index (χ0) is 34.3. The standard InChI is InChI=1S/C45H83NO/c1-5-7-9-11-13-15-17-19-21-23-25-27-29-31-33-35-38-44(41-42-45(47)40-37-43-46(3)4)39-36-34-32-30-28-26-24-22-20-18-16-14-12-10-8-6-2/h13-16,19-22,44H,5-12,17-18,23-43H2,1-4H3/b15-13-,16-14-,21-19-,22-20-. The molecule has 0 aromatic carbocycles. The van der Waals surface area contributed by atoms with E-state index < -0.39 is 0 Å². The molecule has 0 aliphatic heterocycles. The zero-order valence-electron chi connectivity index (χ0n) is 32.5. The quantitative estimate of drug-likeness (QED) is 0.0491. The van der Waals surface area contributed by atoms with Crippen molar-refractivity contribution in [3.05, 3.63) is 48.6 Å². The minimum absolute atomic E-state index is 0.492. The molecular formula is C45H83NO. The molecule has 0 N–H and O–H groups in total. The van der Waals surface area contributed by atoms with Crippen LogP contribution in [-0.2, 0) is 4.79 Å². The lowest BCUT2D eigenvalue weighted by Gasteiger charge is -2.17. The van der Waals surface area contributed by atoms with E-state index >= 15 is 0 Å². The summed E-state index contributed by atoms with van der Waals surface area (Å²) in [5.74, 6) is 1.25. The van der Waals surface area contributed by atoms with Gasteiger partial charge in [-0.1, -0.05) is 165 Å². The van der Waals surface area contributed by atoms with Crippen molar-refractivity contribution in [1.82, 2.24) is 4.90 Å². The summed E-state index contributed by atoms with van der Waals surface area (Å²) in [5, 5.41) is 0. The number of ketones is 1. The molecule has 0 aromatic rings. The fourth-order valence-electron chi connectivity index (χ4n) is 6.36. The number of rotatable bonds is 37. The highest BCUT2D eigenvalue weighted by Gasteiger charge is 2.12. The van der Waals surface area contributed by atoms with Gasteiger partial charge >= 0.3 is 0 Å². The monoisotopic (exact) mass is 654 g/mol. The molecule has 0 saturated heterocycles. The van der Waals surface area contributed by atoms with Crippen LogP contribution in [0, 0.1) is 5.92 Å². The molecule has 274 valence electrons. The van der Waals surface area contributed by atoms with Gasteiger partial charge in [-0.05, 0) is 104 Å². The largest absolute Gasteiger partial charge is 0.309 e. The van der Waals surface area contributed by atoms with Crippen LogP contribution in [0.15, 0.2) is 48.6 Å². The van der Waals surface area contributed by atoms with Gasteiger partial charge in [0.2, 0.25) is 0 Å². The lowest BCUT2D eigenvalue weighted by atomic mass is 9.89. The van der Waals surface area contributed by atoms with E-state index in [1.807, 2.05) is 0 Å². The second-order valence-corrected chi connectivity index (χ2v) is 14.6. The summed E-state index contributed by atoms with van der Waals surface area (Å²) in [6.07, 6.45) is 56.8. The molecule has 2 nitrogen and oxygen atoms in total. The van der Waals surface area contributed by atoms with Gasteiger partial charge in [-0.25, -0.2) is 0 Å². The Labute approximate surface area is 296 Å². The maximum Gasteiger partial charge on any atom is 0.132 e. The van der Waals surface area contributed by atoms with E-state index in [-0.39, 0.29) is 0 Å². The number of carbonyl (C=O) groups excluding carboxylic acids is 1. The highest BCUT2D eigenvalue weighted by Crippen LogP contribution is 2.24. The topological polar surface area (TPSA) is 20.3 Å². The van der Waals surface area contributed by atoms with Gasteiger partial charge in [-0.3, -0.25) is 4.79 Å². The normalized spacial score (nSPS) is 12.5. The zero-order valence-corrected chi connectivity index (χ0v) is 32.5. The Kier molecular flexibility index (Phi) is 37.9. The van der Waals surface area contributed by atoms with Gasteiger partial charge < -0.3 is 4.90 Å². The van der Waals surface area contributed by atoms with Crippen molar-refractivity contribution in [2.24, 2.45) is 5.92 Å².